The summed E-state index contributed by atoms with van der Waals surface area (Å²) in [5, 5.41) is 6.92. The van der Waals surface area contributed by atoms with Gasteiger partial charge in [-0.15, -0.1) is 0 Å². The molecular weight excluding hydrogens is 466 g/mol. The second kappa shape index (κ2) is 9.14. The van der Waals surface area contributed by atoms with Crippen LogP contribution in [0.2, 0.25) is 0 Å². The highest BCUT2D eigenvalue weighted by molar-refractivity contribution is 6.07. The minimum absolute atomic E-state index is 0.0228. The number of ketones is 1. The number of carbonyl (C=O) groups is 3. The molecule has 0 saturated carbocycles. The quantitative estimate of drug-likeness (QED) is 0.314. The fourth-order valence-electron chi connectivity index (χ4n) is 3.86. The average molecular weight is 487 g/mol. The smallest absolute Gasteiger partial charge is 0.339 e. The molecule has 4 aromatic rings. The third-order valence-corrected chi connectivity index (χ3v) is 5.68. The molecular formula is C26H21N3O7. The van der Waals surface area contributed by atoms with Crippen LogP contribution >= 0.6 is 0 Å². The van der Waals surface area contributed by atoms with E-state index < -0.39 is 18.5 Å². The van der Waals surface area contributed by atoms with Crippen molar-refractivity contribution in [2.75, 3.05) is 18.7 Å². The number of rotatable bonds is 6. The normalized spacial score (nSPS) is 12.0. The molecule has 10 nitrogen and oxygen atoms in total. The van der Waals surface area contributed by atoms with Gasteiger partial charge in [0.2, 0.25) is 6.79 Å². The molecule has 2 aromatic heterocycles. The summed E-state index contributed by atoms with van der Waals surface area (Å²) in [6.45, 7) is 4.46. The van der Waals surface area contributed by atoms with Crippen LogP contribution in [0, 0.1) is 13.8 Å². The molecule has 0 radical (unpaired) electrons. The number of ether oxygens (including phenoxy) is 3. The van der Waals surface area contributed by atoms with E-state index in [1.54, 1.807) is 13.0 Å². The van der Waals surface area contributed by atoms with E-state index in [1.807, 2.05) is 31.2 Å². The molecule has 36 heavy (non-hydrogen) atoms. The SMILES string of the molecule is CC(=O)c1cc2c(cc1NC(=O)COC(=O)c1cc(-c3ccc(C)cc3)nc3onc(C)c13)OCO2. The number of carbonyl (C=O) groups excluding carboxylic acids is 3. The minimum Gasteiger partial charge on any atom is -0.454 e. The number of nitrogens with one attached hydrogen (secondary N) is 1. The summed E-state index contributed by atoms with van der Waals surface area (Å²) in [5.74, 6) is -0.824. The van der Waals surface area contributed by atoms with Crippen LogP contribution in [-0.2, 0) is 9.53 Å². The van der Waals surface area contributed by atoms with E-state index >= 15 is 0 Å². The van der Waals surface area contributed by atoms with E-state index in [2.05, 4.69) is 15.5 Å². The van der Waals surface area contributed by atoms with Crippen molar-refractivity contribution < 1.29 is 33.1 Å². The van der Waals surface area contributed by atoms with E-state index in [9.17, 15) is 14.4 Å². The highest BCUT2D eigenvalue weighted by atomic mass is 16.7. The van der Waals surface area contributed by atoms with Gasteiger partial charge in [-0.25, -0.2) is 9.78 Å². The van der Waals surface area contributed by atoms with Gasteiger partial charge in [0, 0.05) is 17.2 Å². The number of nitrogens with zero attached hydrogens (tertiary/aromatic N) is 2. The Balaban J connectivity index is 1.37. The number of amides is 1. The van der Waals surface area contributed by atoms with Crippen molar-refractivity contribution in [2.24, 2.45) is 0 Å². The highest BCUT2D eigenvalue weighted by Crippen LogP contribution is 2.37. The van der Waals surface area contributed by atoms with Crippen molar-refractivity contribution in [3.05, 3.63) is 64.8 Å². The van der Waals surface area contributed by atoms with Crippen molar-refractivity contribution in [3.8, 4) is 22.8 Å². The first-order valence-corrected chi connectivity index (χ1v) is 11.1. The fourth-order valence-corrected chi connectivity index (χ4v) is 3.86. The third-order valence-electron chi connectivity index (χ3n) is 5.68. The maximum absolute atomic E-state index is 13.0. The Bertz CT molecular complexity index is 1520. The van der Waals surface area contributed by atoms with Crippen LogP contribution in [0.3, 0.4) is 0 Å². The number of hydrogen-bond donors (Lipinski definition) is 1. The monoisotopic (exact) mass is 487 g/mol. The minimum atomic E-state index is -0.741. The van der Waals surface area contributed by atoms with E-state index in [0.717, 1.165) is 11.1 Å². The molecule has 0 aliphatic carbocycles. The molecule has 1 amide bonds. The van der Waals surface area contributed by atoms with Crippen LogP contribution in [0.1, 0.15) is 38.9 Å². The van der Waals surface area contributed by atoms with E-state index in [1.165, 1.54) is 19.1 Å². The second-order valence-electron chi connectivity index (χ2n) is 8.30. The summed E-state index contributed by atoms with van der Waals surface area (Å²) >= 11 is 0. The van der Waals surface area contributed by atoms with Gasteiger partial charge in [-0.05, 0) is 32.9 Å². The molecule has 0 bridgehead atoms. The number of benzene rings is 2. The Morgan fingerprint density at radius 3 is 2.44 bits per heavy atom. The number of fused-ring (bicyclic) bond motifs is 2. The highest BCUT2D eigenvalue weighted by Gasteiger charge is 2.23. The number of aryl methyl sites for hydroxylation is 2. The molecule has 0 fully saturated rings. The lowest BCUT2D eigenvalue weighted by molar-refractivity contribution is -0.119. The predicted octanol–water partition coefficient (Wildman–Crippen LogP) is 4.23. The van der Waals surface area contributed by atoms with Gasteiger partial charge in [-0.2, -0.15) is 0 Å². The van der Waals surface area contributed by atoms with Gasteiger partial charge in [0.05, 0.1) is 28.0 Å². The summed E-state index contributed by atoms with van der Waals surface area (Å²) < 4.78 is 21.2. The zero-order valence-electron chi connectivity index (χ0n) is 19.7. The molecule has 1 aliphatic rings. The van der Waals surface area contributed by atoms with E-state index in [4.69, 9.17) is 18.7 Å². The van der Waals surface area contributed by atoms with Crippen molar-refractivity contribution in [2.45, 2.75) is 20.8 Å². The number of anilines is 1. The summed E-state index contributed by atoms with van der Waals surface area (Å²) in [5.41, 5.74) is 3.67. The number of hydrogen-bond acceptors (Lipinski definition) is 9. The van der Waals surface area contributed by atoms with Gasteiger partial charge >= 0.3 is 5.97 Å². The summed E-state index contributed by atoms with van der Waals surface area (Å²) in [4.78, 5) is 42.2. The molecule has 10 heteroatoms. The summed E-state index contributed by atoms with van der Waals surface area (Å²) in [6.07, 6.45) is 0. The Morgan fingerprint density at radius 1 is 1.00 bits per heavy atom. The molecule has 182 valence electrons. The largest absolute Gasteiger partial charge is 0.454 e. The molecule has 0 saturated heterocycles. The van der Waals surface area contributed by atoms with Crippen LogP contribution in [0.25, 0.3) is 22.4 Å². The maximum Gasteiger partial charge on any atom is 0.339 e. The standard InChI is InChI=1S/C26H21N3O7/c1-13-4-6-16(7-5-13)19-8-18(24-14(2)29-36-25(24)28-19)26(32)33-11-23(31)27-20-10-22-21(34-12-35-22)9-17(20)15(3)30/h4-10H,11-12H2,1-3H3,(H,27,31). The Morgan fingerprint density at radius 2 is 1.72 bits per heavy atom. The Labute approximate surface area is 205 Å². The van der Waals surface area contributed by atoms with Crippen LogP contribution < -0.4 is 14.8 Å². The molecule has 0 unspecified atom stereocenters. The number of esters is 1. The molecule has 1 N–H and O–H groups in total. The van der Waals surface area contributed by atoms with Crippen LogP contribution in [0.4, 0.5) is 5.69 Å². The van der Waals surface area contributed by atoms with Crippen molar-refractivity contribution in [1.82, 2.24) is 10.1 Å². The lowest BCUT2D eigenvalue weighted by atomic mass is 10.0. The first kappa shape index (κ1) is 23.0. The van der Waals surface area contributed by atoms with Crippen molar-refractivity contribution in [1.29, 1.82) is 0 Å². The zero-order valence-corrected chi connectivity index (χ0v) is 19.7. The molecule has 2 aromatic carbocycles. The van der Waals surface area contributed by atoms with Gasteiger partial charge in [0.15, 0.2) is 23.9 Å². The second-order valence-corrected chi connectivity index (χ2v) is 8.30. The lowest BCUT2D eigenvalue weighted by Gasteiger charge is -2.11. The van der Waals surface area contributed by atoms with Crippen molar-refractivity contribution in [3.63, 3.8) is 0 Å². The Kier molecular flexibility index (Phi) is 5.85. The Hall–Kier alpha value is -4.73. The van der Waals surface area contributed by atoms with Gasteiger partial charge in [0.25, 0.3) is 11.6 Å². The predicted molar refractivity (Wildman–Crippen MR) is 128 cm³/mol. The number of Topliss-reactive ketones (excluding diaryl/α,β-unsaturated/α-hetero) is 1. The van der Waals surface area contributed by atoms with E-state index in [-0.39, 0.29) is 35.1 Å². The molecule has 5 rings (SSSR count). The van der Waals surface area contributed by atoms with Crippen molar-refractivity contribution >= 4 is 34.4 Å². The van der Waals surface area contributed by atoms with Crippen LogP contribution in [0.15, 0.2) is 47.0 Å². The van der Waals surface area contributed by atoms with Gasteiger partial charge < -0.3 is 24.1 Å². The average Bonchev–Trinajstić information content (AvgIpc) is 3.47. The van der Waals surface area contributed by atoms with Crippen LogP contribution in [-0.4, -0.2) is 41.2 Å². The summed E-state index contributed by atoms with van der Waals surface area (Å²) in [6, 6.07) is 12.2. The topological polar surface area (TPSA) is 130 Å². The van der Waals surface area contributed by atoms with Crippen LogP contribution in [0.5, 0.6) is 11.5 Å². The zero-order chi connectivity index (χ0) is 25.4. The molecule has 1 aliphatic heterocycles. The van der Waals surface area contributed by atoms with Gasteiger partial charge in [0.1, 0.15) is 0 Å². The number of aromatic nitrogens is 2. The third kappa shape index (κ3) is 4.36. The first-order chi connectivity index (χ1) is 17.3. The van der Waals surface area contributed by atoms with Gasteiger partial charge in [-0.3, -0.25) is 9.59 Å². The van der Waals surface area contributed by atoms with Gasteiger partial charge in [-0.1, -0.05) is 35.0 Å². The number of pyridine rings is 1. The lowest BCUT2D eigenvalue weighted by Crippen LogP contribution is -2.22. The maximum atomic E-state index is 13.0. The molecule has 3 heterocycles. The fraction of sp³-hybridized carbons (Fsp3) is 0.192. The van der Waals surface area contributed by atoms with E-state index in [0.29, 0.717) is 28.3 Å². The summed E-state index contributed by atoms with van der Waals surface area (Å²) in [7, 11) is 0. The first-order valence-electron chi connectivity index (χ1n) is 11.1. The molecule has 0 spiro atoms. The molecule has 0 atom stereocenters.